The number of amides is 1. The number of likely N-dealkylation sites (tertiary alicyclic amines) is 1. The molecule has 1 fully saturated rings. The van der Waals surface area contributed by atoms with Crippen LogP contribution in [0.5, 0.6) is 0 Å². The molecule has 23 heavy (non-hydrogen) atoms. The number of carbonyl (C=O) groups is 1. The van der Waals surface area contributed by atoms with E-state index in [9.17, 15) is 4.79 Å². The second-order valence-corrected chi connectivity index (χ2v) is 6.81. The maximum absolute atomic E-state index is 11.3. The zero-order chi connectivity index (χ0) is 16.1. The van der Waals surface area contributed by atoms with Crippen molar-refractivity contribution in [3.8, 4) is 10.4 Å². The number of hydrogen-bond acceptors (Lipinski definition) is 4. The van der Waals surface area contributed by atoms with Gasteiger partial charge in [0.1, 0.15) is 0 Å². The molecular formula is C18H22N2O2S. The first kappa shape index (κ1) is 16.0. The summed E-state index contributed by atoms with van der Waals surface area (Å²) in [6.45, 7) is 2.96. The minimum atomic E-state index is -0.327. The molecule has 0 bridgehead atoms. The lowest BCUT2D eigenvalue weighted by molar-refractivity contribution is 0.150. The number of piperidine rings is 1. The number of methoxy groups -OCH3 is 1. The highest BCUT2D eigenvalue weighted by molar-refractivity contribution is 7.13. The van der Waals surface area contributed by atoms with Gasteiger partial charge in [-0.1, -0.05) is 24.3 Å². The van der Waals surface area contributed by atoms with E-state index in [2.05, 4.69) is 56.7 Å². The Morgan fingerprint density at radius 2 is 2.13 bits per heavy atom. The molecule has 1 amide bonds. The summed E-state index contributed by atoms with van der Waals surface area (Å²) >= 11 is 1.77. The first-order valence-corrected chi connectivity index (χ1v) is 8.82. The third-order valence-corrected chi connectivity index (χ3v) is 5.15. The minimum absolute atomic E-state index is 0.233. The van der Waals surface area contributed by atoms with E-state index in [1.807, 2.05) is 0 Å². The maximum Gasteiger partial charge on any atom is 0.407 e. The molecule has 2 heterocycles. The Labute approximate surface area is 141 Å². The summed E-state index contributed by atoms with van der Waals surface area (Å²) in [6.07, 6.45) is 1.62. The number of alkyl carbamates (subject to hydrolysis) is 1. The Morgan fingerprint density at radius 3 is 2.83 bits per heavy atom. The number of thiophene rings is 1. The van der Waals surface area contributed by atoms with Crippen molar-refractivity contribution in [1.29, 1.82) is 0 Å². The van der Waals surface area contributed by atoms with E-state index in [0.29, 0.717) is 0 Å². The number of nitrogens with zero attached hydrogens (tertiary/aromatic N) is 1. The largest absolute Gasteiger partial charge is 0.453 e. The van der Waals surface area contributed by atoms with Crippen LogP contribution in [0.1, 0.15) is 18.4 Å². The highest BCUT2D eigenvalue weighted by Crippen LogP contribution is 2.26. The number of nitrogens with one attached hydrogen (secondary N) is 1. The molecule has 1 aromatic carbocycles. The molecule has 1 saturated heterocycles. The molecule has 1 aliphatic rings. The van der Waals surface area contributed by atoms with E-state index >= 15 is 0 Å². The third kappa shape index (κ3) is 4.33. The van der Waals surface area contributed by atoms with E-state index in [1.54, 1.807) is 11.3 Å². The summed E-state index contributed by atoms with van der Waals surface area (Å²) in [5, 5.41) is 5.01. The van der Waals surface area contributed by atoms with Gasteiger partial charge in [0.2, 0.25) is 0 Å². The zero-order valence-electron chi connectivity index (χ0n) is 13.3. The van der Waals surface area contributed by atoms with E-state index < -0.39 is 0 Å². The summed E-state index contributed by atoms with van der Waals surface area (Å²) in [4.78, 5) is 15.0. The molecule has 0 radical (unpaired) electrons. The number of ether oxygens (including phenoxy) is 1. The van der Waals surface area contributed by atoms with Gasteiger partial charge in [0.05, 0.1) is 7.11 Å². The molecule has 0 unspecified atom stereocenters. The van der Waals surface area contributed by atoms with Gasteiger partial charge in [0.15, 0.2) is 0 Å². The molecule has 122 valence electrons. The highest BCUT2D eigenvalue weighted by Gasteiger charge is 2.20. The van der Waals surface area contributed by atoms with Crippen molar-refractivity contribution in [3.05, 3.63) is 47.3 Å². The van der Waals surface area contributed by atoms with Crippen molar-refractivity contribution in [2.45, 2.75) is 25.4 Å². The molecule has 0 aliphatic carbocycles. The molecule has 1 N–H and O–H groups in total. The Kier molecular flexibility index (Phi) is 5.31. The fourth-order valence-electron chi connectivity index (χ4n) is 2.98. The second-order valence-electron chi connectivity index (χ2n) is 5.86. The number of rotatable bonds is 4. The van der Waals surface area contributed by atoms with Crippen molar-refractivity contribution < 1.29 is 9.53 Å². The van der Waals surface area contributed by atoms with Gasteiger partial charge in [-0.15, -0.1) is 11.3 Å². The Hall–Kier alpha value is -1.85. The first-order chi connectivity index (χ1) is 11.2. The molecule has 3 rings (SSSR count). The Bertz CT molecular complexity index is 634. The lowest BCUT2D eigenvalue weighted by Crippen LogP contribution is -2.44. The lowest BCUT2D eigenvalue weighted by Gasteiger charge is -2.32. The van der Waals surface area contributed by atoms with Crippen molar-refractivity contribution in [3.63, 3.8) is 0 Å². The lowest BCUT2D eigenvalue weighted by atomic mass is 10.0. The maximum atomic E-state index is 11.3. The van der Waals surface area contributed by atoms with Crippen LogP contribution in [-0.4, -0.2) is 37.2 Å². The first-order valence-electron chi connectivity index (χ1n) is 7.94. The zero-order valence-corrected chi connectivity index (χ0v) is 14.1. The van der Waals surface area contributed by atoms with Crippen molar-refractivity contribution in [2.24, 2.45) is 0 Å². The average Bonchev–Trinajstić information content (AvgIpc) is 3.11. The molecular weight excluding hydrogens is 308 g/mol. The quantitative estimate of drug-likeness (QED) is 0.928. The number of carbonyl (C=O) groups excluding carboxylic acids is 1. The molecule has 0 saturated carbocycles. The van der Waals surface area contributed by atoms with Crippen LogP contribution in [0.2, 0.25) is 0 Å². The van der Waals surface area contributed by atoms with Crippen molar-refractivity contribution >= 4 is 17.4 Å². The molecule has 1 aliphatic heterocycles. The van der Waals surface area contributed by atoms with Crippen LogP contribution in [0, 0.1) is 0 Å². The topological polar surface area (TPSA) is 41.6 Å². The summed E-state index contributed by atoms with van der Waals surface area (Å²) in [7, 11) is 1.41. The summed E-state index contributed by atoms with van der Waals surface area (Å²) in [5.74, 6) is 0. The molecule has 4 nitrogen and oxygen atoms in total. The summed E-state index contributed by atoms with van der Waals surface area (Å²) < 4.78 is 4.66. The van der Waals surface area contributed by atoms with Crippen LogP contribution in [0.3, 0.4) is 0 Å². The standard InChI is InChI=1S/C18H22N2O2S/c1-22-18(21)19-16-7-9-20(10-8-16)13-14-4-2-5-15(12-14)17-6-3-11-23-17/h2-6,11-12,16H,7-10,13H2,1H3,(H,19,21). The molecule has 0 atom stereocenters. The van der Waals surface area contributed by atoms with E-state index in [1.165, 1.54) is 23.1 Å². The summed E-state index contributed by atoms with van der Waals surface area (Å²) in [5.41, 5.74) is 2.63. The van der Waals surface area contributed by atoms with E-state index in [4.69, 9.17) is 0 Å². The SMILES string of the molecule is COC(=O)NC1CCN(Cc2cccc(-c3cccs3)c2)CC1. The van der Waals surface area contributed by atoms with Crippen LogP contribution in [-0.2, 0) is 11.3 Å². The average molecular weight is 330 g/mol. The van der Waals surface area contributed by atoms with Gasteiger partial charge < -0.3 is 10.1 Å². The van der Waals surface area contributed by atoms with Crippen molar-refractivity contribution in [2.75, 3.05) is 20.2 Å². The van der Waals surface area contributed by atoms with Crippen LogP contribution in [0.15, 0.2) is 41.8 Å². The highest BCUT2D eigenvalue weighted by atomic mass is 32.1. The molecule has 5 heteroatoms. The van der Waals surface area contributed by atoms with Gasteiger partial charge in [-0.05, 0) is 41.5 Å². The van der Waals surface area contributed by atoms with Crippen LogP contribution in [0.4, 0.5) is 4.79 Å². The molecule has 1 aromatic heterocycles. The molecule has 2 aromatic rings. The number of hydrogen-bond donors (Lipinski definition) is 1. The van der Waals surface area contributed by atoms with E-state index in [-0.39, 0.29) is 12.1 Å². The van der Waals surface area contributed by atoms with Crippen LogP contribution in [0.25, 0.3) is 10.4 Å². The smallest absolute Gasteiger partial charge is 0.407 e. The number of benzene rings is 1. The predicted molar refractivity (Wildman–Crippen MR) is 93.6 cm³/mol. The van der Waals surface area contributed by atoms with E-state index in [0.717, 1.165) is 32.5 Å². The van der Waals surface area contributed by atoms with Gasteiger partial charge in [0, 0.05) is 30.6 Å². The predicted octanol–water partition coefficient (Wildman–Crippen LogP) is 3.74. The van der Waals surface area contributed by atoms with Gasteiger partial charge in [0.25, 0.3) is 0 Å². The van der Waals surface area contributed by atoms with Gasteiger partial charge in [-0.2, -0.15) is 0 Å². The Morgan fingerprint density at radius 1 is 1.30 bits per heavy atom. The van der Waals surface area contributed by atoms with Crippen LogP contribution >= 0.6 is 11.3 Å². The fourth-order valence-corrected chi connectivity index (χ4v) is 3.71. The summed E-state index contributed by atoms with van der Waals surface area (Å²) in [6, 6.07) is 13.3. The Balaban J connectivity index is 1.55. The molecule has 0 spiro atoms. The van der Waals surface area contributed by atoms with Gasteiger partial charge in [-0.3, -0.25) is 4.90 Å². The normalized spacial score (nSPS) is 16.2. The van der Waals surface area contributed by atoms with Crippen molar-refractivity contribution in [1.82, 2.24) is 10.2 Å². The monoisotopic (exact) mass is 330 g/mol. The second kappa shape index (κ2) is 7.62. The van der Waals surface area contributed by atoms with Gasteiger partial charge >= 0.3 is 6.09 Å². The fraction of sp³-hybridized carbons (Fsp3) is 0.389. The third-order valence-electron chi connectivity index (χ3n) is 4.23. The minimum Gasteiger partial charge on any atom is -0.453 e. The van der Waals surface area contributed by atoms with Crippen LogP contribution < -0.4 is 5.32 Å². The van der Waals surface area contributed by atoms with Gasteiger partial charge in [-0.25, -0.2) is 4.79 Å².